The topological polar surface area (TPSA) is 85.6 Å². The van der Waals surface area contributed by atoms with Crippen LogP contribution in [0.15, 0.2) is 0 Å². The van der Waals surface area contributed by atoms with Gasteiger partial charge in [0.05, 0.1) is 25.0 Å². The van der Waals surface area contributed by atoms with Crippen molar-refractivity contribution >= 4 is 22.8 Å². The van der Waals surface area contributed by atoms with Gasteiger partial charge in [0.2, 0.25) is 5.91 Å². The summed E-state index contributed by atoms with van der Waals surface area (Å²) in [6.45, 7) is 6.29. The molecule has 2 saturated heterocycles. The lowest BCUT2D eigenvalue weighted by molar-refractivity contribution is -0.907. The van der Waals surface area contributed by atoms with Gasteiger partial charge in [-0.05, 0) is 18.2 Å². The third-order valence-corrected chi connectivity index (χ3v) is 4.54. The van der Waals surface area contributed by atoms with E-state index in [4.69, 9.17) is 15.9 Å². The summed E-state index contributed by atoms with van der Waals surface area (Å²) >= 11 is 1.50. The van der Waals surface area contributed by atoms with Gasteiger partial charge >= 0.3 is 0 Å². The van der Waals surface area contributed by atoms with Crippen molar-refractivity contribution in [1.82, 2.24) is 4.90 Å². The Morgan fingerprint density at radius 3 is 2.84 bits per heavy atom. The Bertz CT molecular complexity index is 334. The molecule has 0 aromatic rings. The number of nitrogens with one attached hydrogen (secondary N) is 1. The lowest BCUT2D eigenvalue weighted by Crippen LogP contribution is -3.15. The van der Waals surface area contributed by atoms with Crippen LogP contribution >= 0.6 is 11.8 Å². The second-order valence-corrected chi connectivity index (χ2v) is 6.53. The second kappa shape index (κ2) is 7.12. The Hall–Kier alpha value is -0.790. The summed E-state index contributed by atoms with van der Waals surface area (Å²) in [6, 6.07) is 0. The monoisotopic (exact) mass is 288 g/mol. The van der Waals surface area contributed by atoms with Crippen molar-refractivity contribution in [2.24, 2.45) is 5.73 Å². The van der Waals surface area contributed by atoms with Crippen molar-refractivity contribution in [1.29, 1.82) is 0 Å². The average molecular weight is 288 g/mol. The molecule has 0 aromatic heterocycles. The summed E-state index contributed by atoms with van der Waals surface area (Å²) in [5, 5.41) is 6.30. The number of hydrogen-bond acceptors (Lipinski definition) is 3. The highest BCUT2D eigenvalue weighted by Crippen LogP contribution is 2.15. The van der Waals surface area contributed by atoms with Crippen molar-refractivity contribution in [3.8, 4) is 0 Å². The van der Waals surface area contributed by atoms with Crippen molar-refractivity contribution in [2.75, 3.05) is 45.9 Å². The molecule has 19 heavy (non-hydrogen) atoms. The van der Waals surface area contributed by atoms with Crippen LogP contribution in [0.5, 0.6) is 0 Å². The minimum atomic E-state index is 0.262. The Morgan fingerprint density at radius 2 is 2.26 bits per heavy atom. The molecule has 1 atom stereocenters. The van der Waals surface area contributed by atoms with E-state index in [1.165, 1.54) is 16.7 Å². The highest BCUT2D eigenvalue weighted by atomic mass is 32.2. The maximum atomic E-state index is 11.7. The molecule has 0 aliphatic carbocycles. The second-order valence-electron chi connectivity index (χ2n) is 5.15. The first kappa shape index (κ1) is 14.6. The van der Waals surface area contributed by atoms with E-state index in [0.717, 1.165) is 52.4 Å². The molecule has 7 heteroatoms. The zero-order valence-corrected chi connectivity index (χ0v) is 12.1. The van der Waals surface area contributed by atoms with Gasteiger partial charge in [0.1, 0.15) is 13.1 Å². The van der Waals surface area contributed by atoms with Gasteiger partial charge in [-0.3, -0.25) is 15.9 Å². The fourth-order valence-electron chi connectivity index (χ4n) is 2.66. The first-order valence-corrected chi connectivity index (χ1v) is 7.77. The molecule has 0 radical (unpaired) electrons. The number of carbonyl (C=O) groups is 1. The fraction of sp³-hybridized carbons (Fsp3) is 0.833. The molecule has 108 valence electrons. The van der Waals surface area contributed by atoms with Gasteiger partial charge in [-0.2, -0.15) is 0 Å². The average Bonchev–Trinajstić information content (AvgIpc) is 2.75. The summed E-state index contributed by atoms with van der Waals surface area (Å²) in [6.07, 6.45) is 1.66. The largest absolute Gasteiger partial charge is 0.370 e. The van der Waals surface area contributed by atoms with Gasteiger partial charge in [-0.25, -0.2) is 0 Å². The van der Waals surface area contributed by atoms with E-state index in [1.807, 2.05) is 4.90 Å². The van der Waals surface area contributed by atoms with Crippen molar-refractivity contribution < 1.29 is 19.8 Å². The number of quaternary nitrogens is 1. The Balaban J connectivity index is 1.86. The van der Waals surface area contributed by atoms with Gasteiger partial charge < -0.3 is 14.5 Å². The summed E-state index contributed by atoms with van der Waals surface area (Å²) < 4.78 is 5.37. The van der Waals surface area contributed by atoms with Crippen LogP contribution in [0.4, 0.5) is 0 Å². The SMILES string of the molecule is NC(=[NH2+])SC(CN1CCCC1=O)C[NH+]1CCOCC1. The maximum absolute atomic E-state index is 11.7. The van der Waals surface area contributed by atoms with Crippen LogP contribution in [0.2, 0.25) is 0 Å². The number of amides is 1. The minimum Gasteiger partial charge on any atom is -0.370 e. The summed E-state index contributed by atoms with van der Waals surface area (Å²) in [4.78, 5) is 15.2. The molecule has 2 fully saturated rings. The number of nitrogens with zero attached hydrogens (tertiary/aromatic N) is 1. The molecule has 0 aromatic carbocycles. The number of ether oxygens (including phenoxy) is 1. The molecule has 0 spiro atoms. The lowest BCUT2D eigenvalue weighted by atomic mass is 10.3. The highest BCUT2D eigenvalue weighted by molar-refractivity contribution is 8.14. The Kier molecular flexibility index (Phi) is 5.47. The van der Waals surface area contributed by atoms with Crippen LogP contribution in [0.3, 0.4) is 0 Å². The number of nitrogens with two attached hydrogens (primary N) is 2. The molecule has 0 saturated carbocycles. The minimum absolute atomic E-state index is 0.262. The normalized spacial score (nSPS) is 22.7. The van der Waals surface area contributed by atoms with Crippen LogP contribution < -0.4 is 16.0 Å². The van der Waals surface area contributed by atoms with E-state index in [1.54, 1.807) is 0 Å². The molecule has 2 aliphatic rings. The number of amidine groups is 1. The van der Waals surface area contributed by atoms with Gasteiger partial charge in [0.25, 0.3) is 5.17 Å². The van der Waals surface area contributed by atoms with E-state index in [-0.39, 0.29) is 11.2 Å². The fourth-order valence-corrected chi connectivity index (χ4v) is 3.62. The highest BCUT2D eigenvalue weighted by Gasteiger charge is 2.28. The van der Waals surface area contributed by atoms with E-state index in [0.29, 0.717) is 11.6 Å². The van der Waals surface area contributed by atoms with Gasteiger partial charge in [0, 0.05) is 19.5 Å². The predicted octanol–water partition coefficient (Wildman–Crippen LogP) is -3.30. The van der Waals surface area contributed by atoms with Crippen molar-refractivity contribution in [3.05, 3.63) is 0 Å². The molecule has 1 unspecified atom stereocenters. The Labute approximate surface area is 118 Å². The smallest absolute Gasteiger partial charge is 0.300 e. The van der Waals surface area contributed by atoms with Crippen molar-refractivity contribution in [3.63, 3.8) is 0 Å². The maximum Gasteiger partial charge on any atom is 0.300 e. The van der Waals surface area contributed by atoms with Gasteiger partial charge in [-0.1, -0.05) is 0 Å². The zero-order valence-electron chi connectivity index (χ0n) is 11.3. The molecule has 0 bridgehead atoms. The molecule has 5 N–H and O–H groups in total. The van der Waals surface area contributed by atoms with Crippen LogP contribution in [-0.2, 0) is 9.53 Å². The summed E-state index contributed by atoms with van der Waals surface area (Å²) in [5.41, 5.74) is 5.63. The molecule has 2 rings (SSSR count). The molecular formula is C12H24N4O2S+2. The van der Waals surface area contributed by atoms with Crippen LogP contribution in [0.1, 0.15) is 12.8 Å². The van der Waals surface area contributed by atoms with Gasteiger partial charge in [-0.15, -0.1) is 0 Å². The van der Waals surface area contributed by atoms with Crippen LogP contribution in [0, 0.1) is 0 Å². The lowest BCUT2D eigenvalue weighted by Gasteiger charge is -2.28. The standard InChI is InChI=1S/C12H22N4O2S/c13-12(14)19-10(8-15-4-6-18-7-5-15)9-16-3-1-2-11(16)17/h10H,1-9H2,(H3,13,14)/p+2. The quantitative estimate of drug-likeness (QED) is 0.365. The molecular weight excluding hydrogens is 264 g/mol. The van der Waals surface area contributed by atoms with Crippen molar-refractivity contribution in [2.45, 2.75) is 18.1 Å². The number of hydrogen-bond donors (Lipinski definition) is 3. The van der Waals surface area contributed by atoms with Crippen LogP contribution in [-0.4, -0.2) is 67.2 Å². The Morgan fingerprint density at radius 1 is 1.53 bits per heavy atom. The van der Waals surface area contributed by atoms with E-state index in [9.17, 15) is 4.79 Å². The van der Waals surface area contributed by atoms with Crippen LogP contribution in [0.25, 0.3) is 0 Å². The predicted molar refractivity (Wildman–Crippen MR) is 74.7 cm³/mol. The summed E-state index contributed by atoms with van der Waals surface area (Å²) in [5.74, 6) is 0.262. The molecule has 2 heterocycles. The first-order valence-electron chi connectivity index (χ1n) is 6.89. The third-order valence-electron chi connectivity index (χ3n) is 3.61. The number of rotatable bonds is 5. The van der Waals surface area contributed by atoms with Gasteiger partial charge in [0.15, 0.2) is 0 Å². The zero-order chi connectivity index (χ0) is 13.7. The third kappa shape index (κ3) is 4.67. The van der Waals surface area contributed by atoms with E-state index < -0.39 is 0 Å². The first-order chi connectivity index (χ1) is 9.15. The molecule has 2 aliphatic heterocycles. The number of likely N-dealkylation sites (tertiary alicyclic amines) is 1. The summed E-state index contributed by atoms with van der Waals surface area (Å²) in [7, 11) is 0. The number of thioether (sulfide) groups is 1. The molecule has 1 amide bonds. The molecule has 6 nitrogen and oxygen atoms in total. The number of morpholine rings is 1. The number of carbonyl (C=O) groups excluding carboxylic acids is 1. The van der Waals surface area contributed by atoms with E-state index >= 15 is 0 Å². The van der Waals surface area contributed by atoms with E-state index in [2.05, 4.69) is 0 Å².